The summed E-state index contributed by atoms with van der Waals surface area (Å²) in [6.45, 7) is 0.308. The van der Waals surface area contributed by atoms with E-state index in [4.69, 9.17) is 0 Å². The van der Waals surface area contributed by atoms with Gasteiger partial charge in [-0.1, -0.05) is 0 Å². The van der Waals surface area contributed by atoms with E-state index in [-0.39, 0.29) is 36.9 Å². The Hall–Kier alpha value is -3.05. The molecule has 0 bridgehead atoms. The van der Waals surface area contributed by atoms with E-state index in [2.05, 4.69) is 20.6 Å². The molecule has 32 heavy (non-hydrogen) atoms. The van der Waals surface area contributed by atoms with Crippen LogP contribution in [-0.4, -0.2) is 53.8 Å². The maximum atomic E-state index is 15.1. The van der Waals surface area contributed by atoms with Crippen molar-refractivity contribution in [2.45, 2.75) is 23.0 Å². The highest BCUT2D eigenvalue weighted by Gasteiger charge is 2.53. The minimum absolute atomic E-state index is 0.0634. The van der Waals surface area contributed by atoms with Crippen molar-refractivity contribution in [1.29, 1.82) is 0 Å². The van der Waals surface area contributed by atoms with Gasteiger partial charge in [0.2, 0.25) is 0 Å². The van der Waals surface area contributed by atoms with Crippen LogP contribution in [0.4, 0.5) is 19.3 Å². The number of rotatable bonds is 5. The van der Waals surface area contributed by atoms with E-state index < -0.39 is 22.3 Å². The summed E-state index contributed by atoms with van der Waals surface area (Å²) >= 11 is -2.50. The topological polar surface area (TPSA) is 99.0 Å². The molecule has 1 aromatic carbocycles. The van der Waals surface area contributed by atoms with Crippen molar-refractivity contribution in [3.8, 4) is 11.3 Å². The Labute approximate surface area is 186 Å². The van der Waals surface area contributed by atoms with Crippen LogP contribution >= 0.6 is 0 Å². The van der Waals surface area contributed by atoms with Gasteiger partial charge in [0.25, 0.3) is 0 Å². The van der Waals surface area contributed by atoms with E-state index in [0.717, 1.165) is 11.3 Å². The standard InChI is InChI=1S/C21H22F2N6O2S/c1-28-19(7-11-26-28)15-2-4-18(5-3-15)32(31)21(22,23)16-8-12-29(13-9-16)20(30)27-17-6-10-24-25-14-17/h2-7,10-11,14,16H,8-9,12-13H2,1H3,(H,24,27,30). The zero-order valence-electron chi connectivity index (χ0n) is 17.3. The molecule has 0 saturated carbocycles. The van der Waals surface area contributed by atoms with Gasteiger partial charge in [-0.3, -0.25) is 4.68 Å². The number of carbonyl (C=O) groups excluding carboxylic acids is 1. The van der Waals surface area contributed by atoms with E-state index >= 15 is 8.78 Å². The molecule has 1 aliphatic heterocycles. The monoisotopic (exact) mass is 460 g/mol. The van der Waals surface area contributed by atoms with Crippen LogP contribution in [0.1, 0.15) is 12.8 Å². The van der Waals surface area contributed by atoms with E-state index in [1.54, 1.807) is 36.1 Å². The number of nitrogens with one attached hydrogen (secondary N) is 1. The maximum absolute atomic E-state index is 15.1. The summed E-state index contributed by atoms with van der Waals surface area (Å²) in [6, 6.07) is 9.30. The Kier molecular flexibility index (Phi) is 6.38. The molecule has 168 valence electrons. The van der Waals surface area contributed by atoms with Crippen LogP contribution in [0, 0.1) is 5.92 Å². The predicted molar refractivity (Wildman–Crippen MR) is 115 cm³/mol. The van der Waals surface area contributed by atoms with Crippen LogP contribution < -0.4 is 5.32 Å². The van der Waals surface area contributed by atoms with Crippen LogP contribution in [-0.2, 0) is 18.2 Å². The van der Waals surface area contributed by atoms with Gasteiger partial charge in [-0.15, -0.1) is 0 Å². The van der Waals surface area contributed by atoms with Crippen LogP contribution in [0.5, 0.6) is 0 Å². The lowest BCUT2D eigenvalue weighted by Gasteiger charge is -2.35. The molecular weight excluding hydrogens is 438 g/mol. The Bertz CT molecular complexity index is 1060. The number of benzene rings is 1. The van der Waals surface area contributed by atoms with Gasteiger partial charge in [-0.25, -0.2) is 4.79 Å². The second-order valence-electron chi connectivity index (χ2n) is 7.52. The minimum atomic E-state index is -3.40. The summed E-state index contributed by atoms with van der Waals surface area (Å²) in [5, 5.41) is 10.7. The van der Waals surface area contributed by atoms with Crippen molar-refractivity contribution < 1.29 is 18.1 Å². The Morgan fingerprint density at radius 3 is 2.44 bits per heavy atom. The molecule has 3 aromatic rings. The number of anilines is 1. The van der Waals surface area contributed by atoms with E-state index in [0.29, 0.717) is 5.69 Å². The highest BCUT2D eigenvalue weighted by atomic mass is 32.2. The smallest absolute Gasteiger partial charge is 0.414 e. The molecule has 3 heterocycles. The molecular formula is C21H22F2N6O2S. The lowest BCUT2D eigenvalue weighted by molar-refractivity contribution is 0.000448. The zero-order chi connectivity index (χ0) is 22.7. The summed E-state index contributed by atoms with van der Waals surface area (Å²) in [5.41, 5.74) is 2.12. The number of alkyl halides is 2. The lowest BCUT2D eigenvalue weighted by atomic mass is 9.97. The maximum Gasteiger partial charge on any atom is 0.414 e. The highest BCUT2D eigenvalue weighted by molar-refractivity contribution is 7.92. The van der Waals surface area contributed by atoms with Gasteiger partial charge in [0.15, 0.2) is 4.90 Å². The molecule has 1 saturated heterocycles. The number of amides is 2. The zero-order valence-corrected chi connectivity index (χ0v) is 18.1. The van der Waals surface area contributed by atoms with Gasteiger partial charge in [0.05, 0.1) is 40.9 Å². The average molecular weight is 461 g/mol. The SMILES string of the molecule is Cn1nccc1-c1ccc([S+]([O-])C(F)(F)C2CCN(C(=O)Nc3ccnnc3)CC2)cc1. The second-order valence-corrected chi connectivity index (χ2v) is 9.07. The van der Waals surface area contributed by atoms with Crippen LogP contribution in [0.3, 0.4) is 0 Å². The number of likely N-dealkylation sites (tertiary alicyclic amines) is 1. The third-order valence-corrected chi connectivity index (χ3v) is 7.05. The van der Waals surface area contributed by atoms with Crippen molar-refractivity contribution in [1.82, 2.24) is 24.9 Å². The largest absolute Gasteiger partial charge is 0.607 e. The molecule has 2 aromatic heterocycles. The van der Waals surface area contributed by atoms with Gasteiger partial charge in [-0.05, 0) is 49.2 Å². The normalized spacial score (nSPS) is 16.1. The fourth-order valence-electron chi connectivity index (χ4n) is 3.70. The first-order valence-electron chi connectivity index (χ1n) is 10.1. The van der Waals surface area contributed by atoms with E-state index in [1.807, 2.05) is 6.07 Å². The van der Waals surface area contributed by atoms with Gasteiger partial charge in [0, 0.05) is 31.9 Å². The van der Waals surface area contributed by atoms with E-state index in [1.165, 1.54) is 29.4 Å². The highest BCUT2D eigenvalue weighted by Crippen LogP contribution is 2.41. The Morgan fingerprint density at radius 1 is 1.12 bits per heavy atom. The minimum Gasteiger partial charge on any atom is -0.607 e. The van der Waals surface area contributed by atoms with Crippen LogP contribution in [0.25, 0.3) is 11.3 Å². The number of aromatic nitrogens is 4. The molecule has 1 fully saturated rings. The van der Waals surface area contributed by atoms with Gasteiger partial charge >= 0.3 is 11.3 Å². The van der Waals surface area contributed by atoms with Crippen LogP contribution in [0.2, 0.25) is 0 Å². The summed E-state index contributed by atoms with van der Waals surface area (Å²) in [4.78, 5) is 13.9. The molecule has 8 nitrogen and oxygen atoms in total. The number of carbonyl (C=O) groups is 1. The molecule has 2 amide bonds. The third-order valence-electron chi connectivity index (χ3n) is 5.53. The number of halogens is 2. The Balaban J connectivity index is 1.37. The first kappa shape index (κ1) is 22.2. The Morgan fingerprint density at radius 2 is 1.84 bits per heavy atom. The summed E-state index contributed by atoms with van der Waals surface area (Å²) in [6.07, 6.45) is 4.63. The third kappa shape index (κ3) is 4.58. The molecule has 1 N–H and O–H groups in total. The summed E-state index contributed by atoms with van der Waals surface area (Å²) in [7, 11) is 1.79. The number of piperidine rings is 1. The molecule has 0 spiro atoms. The predicted octanol–water partition coefficient (Wildman–Crippen LogP) is 3.52. The second kappa shape index (κ2) is 9.21. The number of nitrogens with zero attached hydrogens (tertiary/aromatic N) is 5. The molecule has 1 aliphatic rings. The van der Waals surface area contributed by atoms with Crippen molar-refractivity contribution in [3.63, 3.8) is 0 Å². The number of aryl methyl sites for hydroxylation is 1. The van der Waals surface area contributed by atoms with Gasteiger partial charge < -0.3 is 14.8 Å². The van der Waals surface area contributed by atoms with Crippen molar-refractivity contribution >= 4 is 22.9 Å². The number of hydrogen-bond donors (Lipinski definition) is 1. The molecule has 1 atom stereocenters. The number of urea groups is 1. The summed E-state index contributed by atoms with van der Waals surface area (Å²) in [5.74, 6) is -1.08. The molecule has 11 heteroatoms. The number of hydrogen-bond acceptors (Lipinski definition) is 5. The first-order chi connectivity index (χ1) is 15.4. The van der Waals surface area contributed by atoms with Gasteiger partial charge in [0.1, 0.15) is 0 Å². The molecule has 0 radical (unpaired) electrons. The van der Waals surface area contributed by atoms with E-state index in [9.17, 15) is 9.35 Å². The fourth-order valence-corrected chi connectivity index (χ4v) is 4.94. The molecule has 1 unspecified atom stereocenters. The molecule has 4 rings (SSSR count). The average Bonchev–Trinajstić information content (AvgIpc) is 3.25. The summed E-state index contributed by atoms with van der Waals surface area (Å²) < 4.78 is 44.5. The van der Waals surface area contributed by atoms with Gasteiger partial charge in [-0.2, -0.15) is 24.1 Å². The van der Waals surface area contributed by atoms with Crippen molar-refractivity contribution in [2.75, 3.05) is 18.4 Å². The first-order valence-corrected chi connectivity index (χ1v) is 11.2. The quantitative estimate of drug-likeness (QED) is 0.588. The lowest BCUT2D eigenvalue weighted by Crippen LogP contribution is -2.47. The van der Waals surface area contributed by atoms with Crippen molar-refractivity contribution in [2.24, 2.45) is 13.0 Å². The molecule has 0 aliphatic carbocycles. The van der Waals surface area contributed by atoms with Crippen molar-refractivity contribution in [3.05, 3.63) is 55.0 Å². The fraction of sp³-hybridized carbons (Fsp3) is 0.333. The van der Waals surface area contributed by atoms with Crippen LogP contribution in [0.15, 0.2) is 59.9 Å².